The Morgan fingerprint density at radius 2 is 1.74 bits per heavy atom. The largest absolute Gasteiger partial charge is 0.465 e. The molecule has 3 amide bonds. The number of aryl methyl sites for hydroxylation is 1. The van der Waals surface area contributed by atoms with E-state index in [1.165, 1.54) is 18.1 Å². The van der Waals surface area contributed by atoms with Gasteiger partial charge in [0.2, 0.25) is 0 Å². The smallest absolute Gasteiger partial charge is 0.337 e. The van der Waals surface area contributed by atoms with Crippen molar-refractivity contribution in [3.8, 4) is 0 Å². The lowest BCUT2D eigenvalue weighted by molar-refractivity contribution is -0.140. The van der Waals surface area contributed by atoms with Crippen LogP contribution in [0.4, 0.5) is 11.4 Å². The van der Waals surface area contributed by atoms with Crippen LogP contribution in [0.15, 0.2) is 53.2 Å². The van der Waals surface area contributed by atoms with Crippen LogP contribution in [0.25, 0.3) is 0 Å². The summed E-state index contributed by atoms with van der Waals surface area (Å²) in [7, 11) is 1.28. The van der Waals surface area contributed by atoms with Gasteiger partial charge in [0, 0.05) is 23.0 Å². The molecule has 35 heavy (non-hydrogen) atoms. The summed E-state index contributed by atoms with van der Waals surface area (Å²) in [6, 6.07) is 11.2. The highest BCUT2D eigenvalue weighted by Crippen LogP contribution is 2.33. The molecule has 4 rings (SSSR count). The molecule has 1 aliphatic carbocycles. The summed E-state index contributed by atoms with van der Waals surface area (Å²) >= 11 is 6.29. The molecule has 2 aliphatic rings. The number of carbonyl (C=O) groups excluding carboxylic acids is 4. The molecule has 1 saturated carbocycles. The lowest BCUT2D eigenvalue weighted by Gasteiger charge is -2.29. The number of benzene rings is 2. The minimum atomic E-state index is -0.508. The number of nitrogens with one attached hydrogen (secondary N) is 2. The zero-order valence-electron chi connectivity index (χ0n) is 19.5. The number of carbonyl (C=O) groups is 4. The Bertz CT molecular complexity index is 1230. The molecule has 2 N–H and O–H groups in total. The molecule has 0 aromatic heterocycles. The van der Waals surface area contributed by atoms with Gasteiger partial charge < -0.3 is 15.4 Å². The van der Waals surface area contributed by atoms with Crippen LogP contribution in [0.2, 0.25) is 0 Å². The zero-order chi connectivity index (χ0) is 25.1. The second kappa shape index (κ2) is 10.3. The number of hydrogen-bond donors (Lipinski definition) is 2. The van der Waals surface area contributed by atoms with Gasteiger partial charge in [0.25, 0.3) is 17.7 Å². The van der Waals surface area contributed by atoms with Crippen LogP contribution in [-0.4, -0.2) is 41.7 Å². The first-order valence-corrected chi connectivity index (χ1v) is 11.8. The van der Waals surface area contributed by atoms with Crippen LogP contribution in [0.5, 0.6) is 0 Å². The number of rotatable bonds is 6. The molecular formula is C26H26ClN3O5. The second-order valence-electron chi connectivity index (χ2n) is 8.64. The van der Waals surface area contributed by atoms with Gasteiger partial charge in [-0.3, -0.25) is 19.3 Å². The summed E-state index contributed by atoms with van der Waals surface area (Å²) in [5.74, 6) is -1.84. The fourth-order valence-electron chi connectivity index (χ4n) is 4.38. The Balaban J connectivity index is 1.53. The van der Waals surface area contributed by atoms with Gasteiger partial charge in [-0.1, -0.05) is 43.0 Å². The van der Waals surface area contributed by atoms with E-state index in [0.29, 0.717) is 22.5 Å². The van der Waals surface area contributed by atoms with Crippen molar-refractivity contribution in [3.05, 3.63) is 69.9 Å². The summed E-state index contributed by atoms with van der Waals surface area (Å²) in [6.45, 7) is 1.82. The van der Waals surface area contributed by atoms with Crippen molar-refractivity contribution in [1.82, 2.24) is 4.90 Å². The minimum Gasteiger partial charge on any atom is -0.465 e. The van der Waals surface area contributed by atoms with Crippen LogP contribution in [0.1, 0.15) is 58.4 Å². The number of imide groups is 1. The summed E-state index contributed by atoms with van der Waals surface area (Å²) in [5, 5.41) is 5.60. The van der Waals surface area contributed by atoms with Crippen LogP contribution >= 0.6 is 11.6 Å². The van der Waals surface area contributed by atoms with Crippen LogP contribution in [0, 0.1) is 6.92 Å². The molecular weight excluding hydrogens is 470 g/mol. The number of nitrogens with zero attached hydrogens (tertiary/aromatic N) is 1. The molecule has 1 aliphatic heterocycles. The molecule has 8 nitrogen and oxygen atoms in total. The van der Waals surface area contributed by atoms with Crippen molar-refractivity contribution in [2.24, 2.45) is 0 Å². The fourth-order valence-corrected chi connectivity index (χ4v) is 4.60. The predicted octanol–water partition coefficient (Wildman–Crippen LogP) is 4.60. The van der Waals surface area contributed by atoms with Crippen molar-refractivity contribution < 1.29 is 23.9 Å². The van der Waals surface area contributed by atoms with Gasteiger partial charge in [-0.05, 0) is 55.7 Å². The second-order valence-corrected chi connectivity index (χ2v) is 9.02. The molecule has 1 heterocycles. The number of anilines is 2. The Morgan fingerprint density at radius 3 is 2.46 bits per heavy atom. The standard InChI is InChI=1S/C26H26ClN3O5/c1-15-11-12-16(23(31)28-18-8-6-7-17(13-18)26(34)35-2)14-20(15)29-22-21(27)24(32)30(25(22)33)19-9-4-3-5-10-19/h6-8,11-14,19,29H,3-5,9-10H2,1-2H3,(H,28,31). The Morgan fingerprint density at radius 1 is 1.00 bits per heavy atom. The summed E-state index contributed by atoms with van der Waals surface area (Å²) in [5.41, 5.74) is 2.33. The topological polar surface area (TPSA) is 105 Å². The maximum absolute atomic E-state index is 13.1. The van der Waals surface area contributed by atoms with E-state index < -0.39 is 23.7 Å². The van der Waals surface area contributed by atoms with Crippen molar-refractivity contribution in [2.45, 2.75) is 45.1 Å². The van der Waals surface area contributed by atoms with E-state index in [1.54, 1.807) is 36.4 Å². The highest BCUT2D eigenvalue weighted by Gasteiger charge is 2.42. The first-order valence-electron chi connectivity index (χ1n) is 11.4. The highest BCUT2D eigenvalue weighted by atomic mass is 35.5. The number of methoxy groups -OCH3 is 1. The third kappa shape index (κ3) is 5.07. The highest BCUT2D eigenvalue weighted by molar-refractivity contribution is 6.48. The van der Waals surface area contributed by atoms with Crippen molar-refractivity contribution >= 4 is 46.7 Å². The van der Waals surface area contributed by atoms with E-state index >= 15 is 0 Å². The van der Waals surface area contributed by atoms with Gasteiger partial charge in [0.1, 0.15) is 10.7 Å². The quantitative estimate of drug-likeness (QED) is 0.448. The first kappa shape index (κ1) is 24.5. The third-order valence-corrected chi connectivity index (χ3v) is 6.65. The van der Waals surface area contributed by atoms with Gasteiger partial charge in [-0.25, -0.2) is 4.79 Å². The first-order chi connectivity index (χ1) is 16.8. The van der Waals surface area contributed by atoms with Crippen LogP contribution < -0.4 is 10.6 Å². The number of halogens is 1. The van der Waals surface area contributed by atoms with E-state index in [9.17, 15) is 19.2 Å². The van der Waals surface area contributed by atoms with E-state index in [-0.39, 0.29) is 16.8 Å². The van der Waals surface area contributed by atoms with Crippen molar-refractivity contribution in [1.29, 1.82) is 0 Å². The molecule has 0 unspecified atom stereocenters. The number of amides is 3. The molecule has 1 fully saturated rings. The molecule has 2 aromatic carbocycles. The Kier molecular flexibility index (Phi) is 7.21. The summed E-state index contributed by atoms with van der Waals surface area (Å²) < 4.78 is 4.71. The fraction of sp³-hybridized carbons (Fsp3) is 0.308. The van der Waals surface area contributed by atoms with E-state index in [2.05, 4.69) is 10.6 Å². The normalized spacial score (nSPS) is 16.5. The minimum absolute atomic E-state index is 0.0219. The van der Waals surface area contributed by atoms with Gasteiger partial charge in [-0.15, -0.1) is 0 Å². The summed E-state index contributed by atoms with van der Waals surface area (Å²) in [4.78, 5) is 51.8. The molecule has 9 heteroatoms. The molecule has 0 spiro atoms. The molecule has 0 atom stereocenters. The molecule has 2 aromatic rings. The van der Waals surface area contributed by atoms with Crippen LogP contribution in [-0.2, 0) is 14.3 Å². The maximum atomic E-state index is 13.1. The SMILES string of the molecule is COC(=O)c1cccc(NC(=O)c2ccc(C)c(NC3=C(Cl)C(=O)N(C4CCCCC4)C3=O)c2)c1. The monoisotopic (exact) mass is 495 g/mol. The molecule has 0 radical (unpaired) electrons. The molecule has 0 saturated heterocycles. The van der Waals surface area contributed by atoms with E-state index in [0.717, 1.165) is 37.7 Å². The lowest BCUT2D eigenvalue weighted by atomic mass is 9.94. The van der Waals surface area contributed by atoms with Crippen LogP contribution in [0.3, 0.4) is 0 Å². The van der Waals surface area contributed by atoms with Crippen molar-refractivity contribution in [2.75, 3.05) is 17.7 Å². The van der Waals surface area contributed by atoms with E-state index in [4.69, 9.17) is 16.3 Å². The third-order valence-electron chi connectivity index (χ3n) is 6.30. The summed E-state index contributed by atoms with van der Waals surface area (Å²) in [6.07, 6.45) is 4.60. The number of ether oxygens (including phenoxy) is 1. The molecule has 182 valence electrons. The Hall–Kier alpha value is -3.65. The van der Waals surface area contributed by atoms with Crippen molar-refractivity contribution in [3.63, 3.8) is 0 Å². The van der Waals surface area contributed by atoms with Gasteiger partial charge in [-0.2, -0.15) is 0 Å². The predicted molar refractivity (Wildman–Crippen MR) is 132 cm³/mol. The maximum Gasteiger partial charge on any atom is 0.337 e. The Labute approximate surface area is 208 Å². The van der Waals surface area contributed by atoms with Gasteiger partial charge in [0.15, 0.2) is 0 Å². The van der Waals surface area contributed by atoms with Gasteiger partial charge >= 0.3 is 5.97 Å². The lowest BCUT2D eigenvalue weighted by Crippen LogP contribution is -2.42. The average molecular weight is 496 g/mol. The van der Waals surface area contributed by atoms with Gasteiger partial charge in [0.05, 0.1) is 12.7 Å². The molecule has 0 bridgehead atoms. The average Bonchev–Trinajstić information content (AvgIpc) is 3.08. The number of esters is 1. The zero-order valence-corrected chi connectivity index (χ0v) is 20.3. The number of hydrogen-bond acceptors (Lipinski definition) is 6. The van der Waals surface area contributed by atoms with E-state index in [1.807, 2.05) is 6.92 Å².